The number of halogens is 2. The van der Waals surface area contributed by atoms with Crippen LogP contribution >= 0.6 is 11.6 Å². The monoisotopic (exact) mass is 364 g/mol. The molecule has 1 aliphatic heterocycles. The summed E-state index contributed by atoms with van der Waals surface area (Å²) < 4.78 is 19.5. The van der Waals surface area contributed by atoms with Crippen molar-refractivity contribution in [3.63, 3.8) is 0 Å². The molecule has 0 aliphatic carbocycles. The Bertz CT molecular complexity index is 788. The largest absolute Gasteiger partial charge is 0.456 e. The molecule has 0 saturated carbocycles. The van der Waals surface area contributed by atoms with Crippen molar-refractivity contribution in [2.75, 3.05) is 13.3 Å². The maximum atomic E-state index is 12.8. The molecular weight excluding hydrogens is 347 g/mol. The number of esters is 1. The van der Waals surface area contributed by atoms with E-state index in [1.54, 1.807) is 16.9 Å². The van der Waals surface area contributed by atoms with E-state index in [2.05, 4.69) is 10.1 Å². The Morgan fingerprint density at radius 1 is 1.40 bits per heavy atom. The lowest BCUT2D eigenvalue weighted by Crippen LogP contribution is -2.25. The molecule has 2 aromatic heterocycles. The molecule has 0 unspecified atom stereocenters. The van der Waals surface area contributed by atoms with E-state index in [0.717, 1.165) is 22.6 Å². The van der Waals surface area contributed by atoms with Crippen molar-refractivity contribution in [2.24, 2.45) is 0 Å². The summed E-state index contributed by atoms with van der Waals surface area (Å²) in [6, 6.07) is 5.52. The number of alkyl halides is 1. The first-order valence-corrected chi connectivity index (χ1v) is 8.25. The summed E-state index contributed by atoms with van der Waals surface area (Å²) in [6.45, 7) is 2.80. The van der Waals surface area contributed by atoms with Gasteiger partial charge < -0.3 is 9.64 Å². The zero-order chi connectivity index (χ0) is 17.8. The third-order valence-electron chi connectivity index (χ3n) is 3.85. The topological polar surface area (TPSA) is 60.3 Å². The van der Waals surface area contributed by atoms with Gasteiger partial charge >= 0.3 is 5.97 Å². The van der Waals surface area contributed by atoms with E-state index in [-0.39, 0.29) is 19.1 Å². The number of carbonyl (C=O) groups excluding carboxylic acids is 1. The van der Waals surface area contributed by atoms with Crippen molar-refractivity contribution in [1.82, 2.24) is 19.7 Å². The molecule has 0 spiro atoms. The maximum Gasteiger partial charge on any atom is 0.333 e. The first kappa shape index (κ1) is 17.4. The molecule has 1 aliphatic rings. The van der Waals surface area contributed by atoms with E-state index >= 15 is 0 Å². The molecular formula is C17H18ClFN4O2. The highest BCUT2D eigenvalue weighted by molar-refractivity contribution is 6.29. The van der Waals surface area contributed by atoms with E-state index < -0.39 is 6.67 Å². The van der Waals surface area contributed by atoms with Gasteiger partial charge in [-0.3, -0.25) is 4.68 Å². The smallest absolute Gasteiger partial charge is 0.333 e. The predicted molar refractivity (Wildman–Crippen MR) is 90.5 cm³/mol. The fraction of sp³-hybridized carbons (Fsp3) is 0.353. The van der Waals surface area contributed by atoms with Crippen LogP contribution in [0.15, 0.2) is 36.2 Å². The van der Waals surface area contributed by atoms with Crippen LogP contribution in [-0.2, 0) is 29.2 Å². The summed E-state index contributed by atoms with van der Waals surface area (Å²) in [5.74, 6) is -0.359. The molecule has 0 aromatic carbocycles. The summed E-state index contributed by atoms with van der Waals surface area (Å²) in [5, 5.41) is 4.74. The summed E-state index contributed by atoms with van der Waals surface area (Å²) in [6.07, 6.45) is 3.17. The fourth-order valence-electron chi connectivity index (χ4n) is 2.72. The van der Waals surface area contributed by atoms with Crippen LogP contribution in [0.25, 0.3) is 0 Å². The molecule has 0 N–H and O–H groups in total. The number of hydrogen-bond donors (Lipinski definition) is 0. The van der Waals surface area contributed by atoms with Crippen LogP contribution in [0.2, 0.25) is 5.15 Å². The van der Waals surface area contributed by atoms with Gasteiger partial charge in [-0.05, 0) is 24.6 Å². The minimum atomic E-state index is -0.487. The minimum absolute atomic E-state index is 0.202. The Morgan fingerprint density at radius 2 is 2.24 bits per heavy atom. The van der Waals surface area contributed by atoms with Gasteiger partial charge in [0.25, 0.3) is 0 Å². The van der Waals surface area contributed by atoms with Crippen LogP contribution in [0.5, 0.6) is 0 Å². The molecule has 0 amide bonds. The van der Waals surface area contributed by atoms with Crippen molar-refractivity contribution < 1.29 is 13.9 Å². The predicted octanol–water partition coefficient (Wildman–Crippen LogP) is 2.65. The summed E-state index contributed by atoms with van der Waals surface area (Å²) in [5.41, 5.74) is 3.41. The molecule has 25 heavy (non-hydrogen) atoms. The van der Waals surface area contributed by atoms with Crippen molar-refractivity contribution in [3.05, 3.63) is 58.3 Å². The summed E-state index contributed by atoms with van der Waals surface area (Å²) in [4.78, 5) is 17.5. The second-order valence-corrected chi connectivity index (χ2v) is 6.17. The van der Waals surface area contributed by atoms with Crippen molar-refractivity contribution in [2.45, 2.75) is 26.6 Å². The third-order valence-corrected chi connectivity index (χ3v) is 4.07. The van der Waals surface area contributed by atoms with Gasteiger partial charge in [0, 0.05) is 18.8 Å². The molecule has 6 nitrogen and oxygen atoms in total. The summed E-state index contributed by atoms with van der Waals surface area (Å²) >= 11 is 5.83. The van der Waals surface area contributed by atoms with E-state index in [0.29, 0.717) is 18.2 Å². The minimum Gasteiger partial charge on any atom is -0.456 e. The number of aromatic nitrogens is 3. The van der Waals surface area contributed by atoms with Gasteiger partial charge in [0.1, 0.15) is 18.4 Å². The van der Waals surface area contributed by atoms with Gasteiger partial charge in [-0.25, -0.2) is 14.2 Å². The highest BCUT2D eigenvalue weighted by atomic mass is 35.5. The lowest BCUT2D eigenvalue weighted by molar-refractivity contribution is -0.135. The average Bonchev–Trinajstić information content (AvgIpc) is 3.15. The van der Waals surface area contributed by atoms with Crippen LogP contribution < -0.4 is 0 Å². The number of hydrogen-bond acceptors (Lipinski definition) is 5. The number of carbonyl (C=O) groups is 1. The zero-order valence-electron chi connectivity index (χ0n) is 13.8. The maximum absolute atomic E-state index is 12.8. The molecule has 2 aromatic rings. The van der Waals surface area contributed by atoms with Gasteiger partial charge in [0.15, 0.2) is 0 Å². The fourth-order valence-corrected chi connectivity index (χ4v) is 2.83. The number of pyridine rings is 1. The highest BCUT2D eigenvalue weighted by Gasteiger charge is 2.21. The Balaban J connectivity index is 1.85. The van der Waals surface area contributed by atoms with E-state index in [1.165, 1.54) is 6.08 Å². The molecule has 8 heteroatoms. The summed E-state index contributed by atoms with van der Waals surface area (Å²) in [7, 11) is 0. The van der Waals surface area contributed by atoms with Crippen molar-refractivity contribution in [1.29, 1.82) is 0 Å². The van der Waals surface area contributed by atoms with Crippen LogP contribution in [0.1, 0.15) is 17.0 Å². The molecule has 0 saturated heterocycles. The lowest BCUT2D eigenvalue weighted by atomic mass is 10.2. The van der Waals surface area contributed by atoms with Crippen LogP contribution in [0.4, 0.5) is 4.39 Å². The Labute approximate surface area is 149 Å². The van der Waals surface area contributed by atoms with Gasteiger partial charge in [-0.1, -0.05) is 17.7 Å². The number of nitrogens with zero attached hydrogens (tertiary/aromatic N) is 4. The highest BCUT2D eigenvalue weighted by Crippen LogP contribution is 2.20. The Morgan fingerprint density at radius 3 is 2.88 bits per heavy atom. The second kappa shape index (κ2) is 7.65. The second-order valence-electron chi connectivity index (χ2n) is 5.78. The molecule has 0 fully saturated rings. The standard InChI is InChI=1S/C17H18ClFN4O2/c1-12-6-14(23(21-12)5-4-19)10-22(15-7-17(24)25-11-15)9-13-2-3-16(18)20-8-13/h2-3,6-8H,4-5,9-11H2,1H3. The van der Waals surface area contributed by atoms with Gasteiger partial charge in [-0.15, -0.1) is 0 Å². The van der Waals surface area contributed by atoms with E-state index in [1.807, 2.05) is 24.0 Å². The van der Waals surface area contributed by atoms with Crippen LogP contribution in [-0.4, -0.2) is 38.9 Å². The number of aryl methyl sites for hydroxylation is 2. The molecule has 3 heterocycles. The average molecular weight is 365 g/mol. The molecule has 132 valence electrons. The van der Waals surface area contributed by atoms with Gasteiger partial charge in [0.05, 0.1) is 30.2 Å². The molecule has 3 rings (SSSR count). The number of rotatable bonds is 7. The number of cyclic esters (lactones) is 1. The Kier molecular flexibility index (Phi) is 5.33. The SMILES string of the molecule is Cc1cc(CN(Cc2ccc(Cl)nc2)C2=CC(=O)OC2)n(CCF)n1. The lowest BCUT2D eigenvalue weighted by Gasteiger charge is -2.25. The van der Waals surface area contributed by atoms with Crippen molar-refractivity contribution in [3.8, 4) is 0 Å². The first-order valence-electron chi connectivity index (χ1n) is 7.87. The van der Waals surface area contributed by atoms with E-state index in [9.17, 15) is 9.18 Å². The quantitative estimate of drug-likeness (QED) is 0.558. The van der Waals surface area contributed by atoms with Crippen LogP contribution in [0, 0.1) is 6.92 Å². The Hall–Kier alpha value is -2.41. The third kappa shape index (κ3) is 4.36. The normalized spacial score (nSPS) is 13.7. The molecule has 0 bridgehead atoms. The van der Waals surface area contributed by atoms with Gasteiger partial charge in [0.2, 0.25) is 0 Å². The first-order chi connectivity index (χ1) is 12.0. The molecule has 0 atom stereocenters. The molecule has 0 radical (unpaired) electrons. The van der Waals surface area contributed by atoms with E-state index in [4.69, 9.17) is 16.3 Å². The van der Waals surface area contributed by atoms with Crippen molar-refractivity contribution >= 4 is 17.6 Å². The van der Waals surface area contributed by atoms with Crippen LogP contribution in [0.3, 0.4) is 0 Å². The number of ether oxygens (including phenoxy) is 1. The zero-order valence-corrected chi connectivity index (χ0v) is 14.5. The van der Waals surface area contributed by atoms with Gasteiger partial charge in [-0.2, -0.15) is 5.10 Å².